The Kier molecular flexibility index (Phi) is 12.0. The Morgan fingerprint density at radius 2 is 1.67 bits per heavy atom. The predicted molar refractivity (Wildman–Crippen MR) is 90.2 cm³/mol. The summed E-state index contributed by atoms with van der Waals surface area (Å²) >= 11 is 0. The Morgan fingerprint density at radius 3 is 2.29 bits per heavy atom. The monoisotopic (exact) mass is 295 g/mol. The summed E-state index contributed by atoms with van der Waals surface area (Å²) in [5.41, 5.74) is -0.865. The van der Waals surface area contributed by atoms with Crippen LogP contribution in [0.5, 0.6) is 0 Å². The highest BCUT2D eigenvalue weighted by Gasteiger charge is 2.12. The first kappa shape index (κ1) is 19.9. The summed E-state index contributed by atoms with van der Waals surface area (Å²) in [7, 11) is 0. The third-order valence-corrected chi connectivity index (χ3v) is 3.16. The number of hydrogen-bond acceptors (Lipinski definition) is 2. The molecule has 0 aromatic carbocycles. The van der Waals surface area contributed by atoms with E-state index in [-0.39, 0.29) is 12.5 Å². The summed E-state index contributed by atoms with van der Waals surface area (Å²) in [6, 6.07) is 0. The standard InChI is InChI=1S/C18H33NO2/c1-4-5-6-7-8-9-10-11-12-13-14-15-17(20)19-16-18(2,3)21/h12-15,21H,4-11,16H2,1-3H3,(H,19,20)/b13-12+,15-14?. The lowest BCUT2D eigenvalue weighted by Crippen LogP contribution is -2.37. The molecular formula is C18H33NO2. The van der Waals surface area contributed by atoms with Gasteiger partial charge in [-0.2, -0.15) is 0 Å². The molecule has 0 aromatic rings. The van der Waals surface area contributed by atoms with Gasteiger partial charge in [0.15, 0.2) is 0 Å². The normalized spacial score (nSPS) is 12.4. The average molecular weight is 295 g/mol. The van der Waals surface area contributed by atoms with Crippen LogP contribution in [0.2, 0.25) is 0 Å². The smallest absolute Gasteiger partial charge is 0.244 e. The van der Waals surface area contributed by atoms with Crippen molar-refractivity contribution in [3.05, 3.63) is 24.3 Å². The molecule has 0 aliphatic carbocycles. The third kappa shape index (κ3) is 16.9. The van der Waals surface area contributed by atoms with Crippen molar-refractivity contribution >= 4 is 5.91 Å². The molecule has 3 heteroatoms. The topological polar surface area (TPSA) is 49.3 Å². The van der Waals surface area contributed by atoms with Crippen molar-refractivity contribution in [3.8, 4) is 0 Å². The van der Waals surface area contributed by atoms with E-state index >= 15 is 0 Å². The van der Waals surface area contributed by atoms with Gasteiger partial charge in [0.05, 0.1) is 5.60 Å². The Hall–Kier alpha value is -1.09. The molecule has 0 radical (unpaired) electrons. The molecule has 1 amide bonds. The predicted octanol–water partition coefficient (Wildman–Crippen LogP) is 4.13. The van der Waals surface area contributed by atoms with Gasteiger partial charge in [-0.05, 0) is 26.7 Å². The highest BCUT2D eigenvalue weighted by Crippen LogP contribution is 2.08. The Labute approximate surface area is 130 Å². The van der Waals surface area contributed by atoms with E-state index in [0.717, 1.165) is 6.42 Å². The number of allylic oxidation sites excluding steroid dienone is 3. The molecule has 0 aliphatic heterocycles. The minimum absolute atomic E-state index is 0.169. The second-order valence-electron chi connectivity index (χ2n) is 6.23. The van der Waals surface area contributed by atoms with Crippen molar-refractivity contribution < 1.29 is 9.90 Å². The van der Waals surface area contributed by atoms with Gasteiger partial charge < -0.3 is 10.4 Å². The van der Waals surface area contributed by atoms with E-state index in [2.05, 4.69) is 18.3 Å². The van der Waals surface area contributed by atoms with Gasteiger partial charge >= 0.3 is 0 Å². The number of hydrogen-bond donors (Lipinski definition) is 2. The lowest BCUT2D eigenvalue weighted by molar-refractivity contribution is -0.117. The van der Waals surface area contributed by atoms with E-state index in [4.69, 9.17) is 0 Å². The van der Waals surface area contributed by atoms with E-state index in [0.29, 0.717) is 0 Å². The van der Waals surface area contributed by atoms with Crippen LogP contribution >= 0.6 is 0 Å². The molecule has 0 rings (SSSR count). The largest absolute Gasteiger partial charge is 0.389 e. The van der Waals surface area contributed by atoms with Crippen molar-refractivity contribution in [1.29, 1.82) is 0 Å². The van der Waals surface area contributed by atoms with Crippen LogP contribution in [0.1, 0.15) is 72.1 Å². The van der Waals surface area contributed by atoms with Crippen molar-refractivity contribution in [2.24, 2.45) is 0 Å². The summed E-state index contributed by atoms with van der Waals surface area (Å²) in [6.45, 7) is 5.83. The molecule has 0 saturated carbocycles. The van der Waals surface area contributed by atoms with Gasteiger partial charge in [-0.15, -0.1) is 0 Å². The van der Waals surface area contributed by atoms with E-state index in [1.54, 1.807) is 19.9 Å². The summed E-state index contributed by atoms with van der Waals surface area (Å²) in [5, 5.41) is 12.1. The number of carbonyl (C=O) groups is 1. The molecule has 0 aliphatic rings. The zero-order valence-corrected chi connectivity index (χ0v) is 14.0. The summed E-state index contributed by atoms with van der Waals surface area (Å²) in [5.74, 6) is -0.169. The van der Waals surface area contributed by atoms with Gasteiger partial charge in [0, 0.05) is 12.6 Å². The Balaban J connectivity index is 3.50. The fourth-order valence-corrected chi connectivity index (χ4v) is 1.90. The number of amides is 1. The van der Waals surface area contributed by atoms with Crippen LogP contribution in [0.3, 0.4) is 0 Å². The zero-order valence-electron chi connectivity index (χ0n) is 14.0. The Bertz CT molecular complexity index is 314. The van der Waals surface area contributed by atoms with Crippen LogP contribution in [0.4, 0.5) is 0 Å². The second-order valence-corrected chi connectivity index (χ2v) is 6.23. The van der Waals surface area contributed by atoms with Crippen LogP contribution in [-0.4, -0.2) is 23.2 Å². The molecule has 122 valence electrons. The first-order valence-electron chi connectivity index (χ1n) is 8.29. The average Bonchev–Trinajstić information content (AvgIpc) is 2.42. The van der Waals surface area contributed by atoms with Crippen molar-refractivity contribution in [1.82, 2.24) is 5.32 Å². The molecule has 21 heavy (non-hydrogen) atoms. The van der Waals surface area contributed by atoms with Crippen LogP contribution in [0.15, 0.2) is 24.3 Å². The van der Waals surface area contributed by atoms with Gasteiger partial charge in [0.25, 0.3) is 0 Å². The first-order chi connectivity index (χ1) is 9.95. The molecule has 0 unspecified atom stereocenters. The van der Waals surface area contributed by atoms with Gasteiger partial charge in [0.2, 0.25) is 5.91 Å². The summed E-state index contributed by atoms with van der Waals surface area (Å²) in [6.07, 6.45) is 17.6. The molecule has 0 bridgehead atoms. The van der Waals surface area contributed by atoms with E-state index in [9.17, 15) is 9.90 Å². The number of aliphatic hydroxyl groups is 1. The van der Waals surface area contributed by atoms with Gasteiger partial charge in [-0.25, -0.2) is 0 Å². The number of unbranched alkanes of at least 4 members (excludes halogenated alkanes) is 7. The minimum atomic E-state index is -0.865. The van der Waals surface area contributed by atoms with Gasteiger partial charge in [-0.3, -0.25) is 4.79 Å². The van der Waals surface area contributed by atoms with Crippen LogP contribution in [0.25, 0.3) is 0 Å². The molecular weight excluding hydrogens is 262 g/mol. The third-order valence-electron chi connectivity index (χ3n) is 3.16. The van der Waals surface area contributed by atoms with E-state index < -0.39 is 5.60 Å². The van der Waals surface area contributed by atoms with E-state index in [1.165, 1.54) is 51.0 Å². The highest BCUT2D eigenvalue weighted by molar-refractivity contribution is 5.87. The number of carbonyl (C=O) groups excluding carboxylic acids is 1. The SMILES string of the molecule is CCCCCCCCC/C=C/C=CC(=O)NCC(C)(C)O. The molecule has 2 N–H and O–H groups in total. The number of nitrogens with one attached hydrogen (secondary N) is 1. The van der Waals surface area contributed by atoms with Gasteiger partial charge in [0.1, 0.15) is 0 Å². The molecule has 0 heterocycles. The van der Waals surface area contributed by atoms with E-state index in [1.807, 2.05) is 6.08 Å². The molecule has 0 atom stereocenters. The first-order valence-corrected chi connectivity index (χ1v) is 8.29. The molecule has 0 spiro atoms. The van der Waals surface area contributed by atoms with Crippen molar-refractivity contribution in [2.45, 2.75) is 77.7 Å². The van der Waals surface area contributed by atoms with Crippen LogP contribution in [0, 0.1) is 0 Å². The maximum absolute atomic E-state index is 11.4. The molecule has 0 saturated heterocycles. The molecule has 0 aromatic heterocycles. The minimum Gasteiger partial charge on any atom is -0.389 e. The second kappa shape index (κ2) is 12.6. The lowest BCUT2D eigenvalue weighted by atomic mass is 10.1. The highest BCUT2D eigenvalue weighted by atomic mass is 16.3. The van der Waals surface area contributed by atoms with Gasteiger partial charge in [-0.1, -0.05) is 63.7 Å². The van der Waals surface area contributed by atoms with Crippen molar-refractivity contribution in [2.75, 3.05) is 6.54 Å². The van der Waals surface area contributed by atoms with Crippen LogP contribution < -0.4 is 5.32 Å². The number of rotatable bonds is 12. The quantitative estimate of drug-likeness (QED) is 0.323. The lowest BCUT2D eigenvalue weighted by Gasteiger charge is -2.16. The van der Waals surface area contributed by atoms with Crippen molar-refractivity contribution in [3.63, 3.8) is 0 Å². The fourth-order valence-electron chi connectivity index (χ4n) is 1.90. The fraction of sp³-hybridized carbons (Fsp3) is 0.722. The van der Waals surface area contributed by atoms with Crippen LogP contribution in [-0.2, 0) is 4.79 Å². The molecule has 3 nitrogen and oxygen atoms in total. The summed E-state index contributed by atoms with van der Waals surface area (Å²) in [4.78, 5) is 11.4. The summed E-state index contributed by atoms with van der Waals surface area (Å²) < 4.78 is 0. The maximum atomic E-state index is 11.4. The Morgan fingerprint density at radius 1 is 1.05 bits per heavy atom. The zero-order chi connectivity index (χ0) is 16.0. The molecule has 0 fully saturated rings. The maximum Gasteiger partial charge on any atom is 0.244 e.